The molecular weight excluding hydrogens is 348 g/mol. The predicted molar refractivity (Wildman–Crippen MR) is 114 cm³/mol. The average Bonchev–Trinajstić information content (AvgIpc) is 2.64. The van der Waals surface area contributed by atoms with E-state index in [0.717, 1.165) is 42.4 Å². The highest BCUT2D eigenvalue weighted by atomic mass is 16.5. The van der Waals surface area contributed by atoms with Crippen molar-refractivity contribution in [1.29, 1.82) is 0 Å². The van der Waals surface area contributed by atoms with Crippen LogP contribution < -0.4 is 16.0 Å². The molecule has 1 heterocycles. The van der Waals surface area contributed by atoms with Gasteiger partial charge in [0, 0.05) is 17.1 Å². The van der Waals surface area contributed by atoms with Gasteiger partial charge in [-0.3, -0.25) is 4.79 Å². The molecule has 0 spiro atoms. The van der Waals surface area contributed by atoms with Gasteiger partial charge in [-0.1, -0.05) is 29.3 Å². The van der Waals surface area contributed by atoms with Crippen LogP contribution in [-0.4, -0.2) is 11.1 Å². The smallest absolute Gasteiger partial charge is 0.255 e. The molecule has 0 aliphatic heterocycles. The van der Waals surface area contributed by atoms with E-state index in [-0.39, 0.29) is 17.2 Å². The number of hydrogen-bond donors (Lipinski definition) is 2. The summed E-state index contributed by atoms with van der Waals surface area (Å²) >= 11 is 0. The zero-order valence-electron chi connectivity index (χ0n) is 16.8. The van der Waals surface area contributed by atoms with Crippen LogP contribution in [0.5, 0.6) is 5.75 Å². The summed E-state index contributed by atoms with van der Waals surface area (Å²) < 4.78 is 6.34. The van der Waals surface area contributed by atoms with Gasteiger partial charge in [0.25, 0.3) is 5.56 Å². The molecule has 4 rings (SSSR count). The number of benzene rings is 2. The molecule has 0 radical (unpaired) electrons. The Kier molecular flexibility index (Phi) is 4.76. The van der Waals surface area contributed by atoms with Crippen molar-refractivity contribution in [2.24, 2.45) is 5.73 Å². The first kappa shape index (κ1) is 18.8. The maximum absolute atomic E-state index is 12.0. The molecule has 146 valence electrons. The van der Waals surface area contributed by atoms with Gasteiger partial charge in [0.2, 0.25) is 0 Å². The lowest BCUT2D eigenvalue weighted by molar-refractivity contribution is 0.117. The minimum Gasteiger partial charge on any atom is -0.490 e. The highest BCUT2D eigenvalue weighted by Crippen LogP contribution is 2.37. The number of nitrogens with one attached hydrogen (secondary N) is 1. The number of hydrogen-bond acceptors (Lipinski definition) is 3. The fourth-order valence-electron chi connectivity index (χ4n) is 4.40. The highest BCUT2D eigenvalue weighted by molar-refractivity contribution is 5.83. The number of fused-ring (bicyclic) bond motifs is 1. The van der Waals surface area contributed by atoms with E-state index in [1.54, 1.807) is 6.20 Å². The van der Waals surface area contributed by atoms with Gasteiger partial charge in [-0.15, -0.1) is 0 Å². The molecule has 1 aliphatic carbocycles. The van der Waals surface area contributed by atoms with Gasteiger partial charge in [-0.2, -0.15) is 0 Å². The Labute approximate surface area is 165 Å². The maximum Gasteiger partial charge on any atom is 0.255 e. The number of aromatic amines is 1. The number of aryl methyl sites for hydroxylation is 3. The summed E-state index contributed by atoms with van der Waals surface area (Å²) in [7, 11) is 0. The Morgan fingerprint density at radius 1 is 1.04 bits per heavy atom. The summed E-state index contributed by atoms with van der Waals surface area (Å²) in [6, 6.07) is 12.4. The lowest BCUT2D eigenvalue weighted by Crippen LogP contribution is -2.43. The number of H-pyrrole nitrogens is 1. The molecule has 0 unspecified atom stereocenters. The zero-order valence-corrected chi connectivity index (χ0v) is 16.8. The molecule has 28 heavy (non-hydrogen) atoms. The van der Waals surface area contributed by atoms with Gasteiger partial charge in [0.1, 0.15) is 5.75 Å². The monoisotopic (exact) mass is 376 g/mol. The zero-order chi connectivity index (χ0) is 19.9. The van der Waals surface area contributed by atoms with E-state index >= 15 is 0 Å². The topological polar surface area (TPSA) is 68.1 Å². The Morgan fingerprint density at radius 3 is 2.39 bits per heavy atom. The number of pyridine rings is 1. The van der Waals surface area contributed by atoms with Gasteiger partial charge in [0.05, 0.1) is 6.10 Å². The van der Waals surface area contributed by atoms with E-state index in [4.69, 9.17) is 10.5 Å². The highest BCUT2D eigenvalue weighted by Gasteiger charge is 2.34. The molecule has 1 aliphatic rings. The van der Waals surface area contributed by atoms with Crippen LogP contribution in [0.1, 0.15) is 47.9 Å². The van der Waals surface area contributed by atoms with Crippen LogP contribution in [0, 0.1) is 20.8 Å². The predicted octanol–water partition coefficient (Wildman–Crippen LogP) is 4.63. The van der Waals surface area contributed by atoms with Crippen LogP contribution in [0.3, 0.4) is 0 Å². The molecule has 0 bridgehead atoms. The Bertz CT molecular complexity index is 1060. The largest absolute Gasteiger partial charge is 0.490 e. The Hall–Kier alpha value is -2.59. The molecule has 3 aromatic rings. The lowest BCUT2D eigenvalue weighted by Gasteiger charge is -2.38. The second-order valence-corrected chi connectivity index (χ2v) is 8.36. The van der Waals surface area contributed by atoms with Gasteiger partial charge in [-0.05, 0) is 81.2 Å². The van der Waals surface area contributed by atoms with Crippen LogP contribution in [0.2, 0.25) is 0 Å². The summed E-state index contributed by atoms with van der Waals surface area (Å²) in [5.41, 5.74) is 11.2. The van der Waals surface area contributed by atoms with Crippen LogP contribution in [0.4, 0.5) is 0 Å². The van der Waals surface area contributed by atoms with E-state index in [9.17, 15) is 4.79 Å². The Balaban J connectivity index is 1.51. The van der Waals surface area contributed by atoms with E-state index in [0.29, 0.717) is 5.39 Å². The van der Waals surface area contributed by atoms with Gasteiger partial charge < -0.3 is 15.5 Å². The first-order valence-electron chi connectivity index (χ1n) is 10.0. The van der Waals surface area contributed by atoms with E-state index in [1.807, 2.05) is 25.1 Å². The van der Waals surface area contributed by atoms with Crippen molar-refractivity contribution in [1.82, 2.24) is 4.98 Å². The summed E-state index contributed by atoms with van der Waals surface area (Å²) in [4.78, 5) is 14.7. The fourth-order valence-corrected chi connectivity index (χ4v) is 4.40. The molecule has 3 N–H and O–H groups in total. The van der Waals surface area contributed by atoms with Crippen LogP contribution in [-0.2, 0) is 5.54 Å². The van der Waals surface area contributed by atoms with Crippen molar-refractivity contribution in [2.45, 2.75) is 58.1 Å². The molecule has 4 heteroatoms. The van der Waals surface area contributed by atoms with Gasteiger partial charge >= 0.3 is 0 Å². The summed E-state index contributed by atoms with van der Waals surface area (Å²) in [6.07, 6.45) is 5.50. The van der Waals surface area contributed by atoms with Crippen molar-refractivity contribution < 1.29 is 4.74 Å². The molecule has 1 aromatic heterocycles. The first-order chi connectivity index (χ1) is 13.3. The second kappa shape index (κ2) is 7.10. The lowest BCUT2D eigenvalue weighted by atomic mass is 9.75. The van der Waals surface area contributed by atoms with Crippen molar-refractivity contribution in [3.63, 3.8) is 0 Å². The maximum atomic E-state index is 12.0. The number of nitrogens with two attached hydrogens (primary N) is 1. The van der Waals surface area contributed by atoms with E-state index in [1.165, 1.54) is 16.7 Å². The third kappa shape index (κ3) is 3.57. The van der Waals surface area contributed by atoms with Crippen molar-refractivity contribution in [3.05, 3.63) is 75.2 Å². The van der Waals surface area contributed by atoms with Crippen LogP contribution in [0.25, 0.3) is 10.8 Å². The molecule has 0 saturated heterocycles. The number of aromatic nitrogens is 1. The molecule has 4 nitrogen and oxygen atoms in total. The Morgan fingerprint density at radius 2 is 1.71 bits per heavy atom. The normalized spacial score (nSPS) is 22.4. The number of rotatable bonds is 3. The molecule has 0 amide bonds. The third-order valence-corrected chi connectivity index (χ3v) is 5.98. The van der Waals surface area contributed by atoms with Crippen LogP contribution >= 0.6 is 0 Å². The molecule has 1 saturated carbocycles. The summed E-state index contributed by atoms with van der Waals surface area (Å²) in [5.74, 6) is 0.860. The standard InChI is InChI=1S/C24H28N2O2/c1-15-10-16(2)12-19(11-15)24(25)7-4-20(5-8-24)28-22-14-18-6-9-26-23(27)21(18)13-17(22)3/h6,9-14,20H,4-5,7-8,25H2,1-3H3,(H,26,27). The van der Waals surface area contributed by atoms with Crippen molar-refractivity contribution in [2.75, 3.05) is 0 Å². The quantitative estimate of drug-likeness (QED) is 0.700. The molecule has 0 atom stereocenters. The average molecular weight is 377 g/mol. The SMILES string of the molecule is Cc1cc(C)cc(C2(N)CCC(Oc3cc4cc[nH]c(=O)c4cc3C)CC2)c1. The third-order valence-electron chi connectivity index (χ3n) is 5.98. The van der Waals surface area contributed by atoms with Gasteiger partial charge in [-0.25, -0.2) is 0 Å². The van der Waals surface area contributed by atoms with Gasteiger partial charge in [0.15, 0.2) is 0 Å². The second-order valence-electron chi connectivity index (χ2n) is 8.36. The number of ether oxygens (including phenoxy) is 1. The molecule has 2 aromatic carbocycles. The minimum atomic E-state index is -0.275. The molecular formula is C24H28N2O2. The van der Waals surface area contributed by atoms with E-state index < -0.39 is 0 Å². The van der Waals surface area contributed by atoms with Crippen LogP contribution in [0.15, 0.2) is 47.4 Å². The summed E-state index contributed by atoms with van der Waals surface area (Å²) in [6.45, 7) is 6.25. The van der Waals surface area contributed by atoms with Crippen molar-refractivity contribution in [3.8, 4) is 5.75 Å². The molecule has 1 fully saturated rings. The summed E-state index contributed by atoms with van der Waals surface area (Å²) in [5, 5.41) is 1.61. The minimum absolute atomic E-state index is 0.0637. The fraction of sp³-hybridized carbons (Fsp3) is 0.375. The van der Waals surface area contributed by atoms with E-state index in [2.05, 4.69) is 37.0 Å². The first-order valence-corrected chi connectivity index (χ1v) is 10.0. The van der Waals surface area contributed by atoms with Crippen molar-refractivity contribution >= 4 is 10.8 Å².